The van der Waals surface area contributed by atoms with E-state index in [-0.39, 0.29) is 23.7 Å². The number of hydrogen-bond acceptors (Lipinski definition) is 5. The van der Waals surface area contributed by atoms with Crippen molar-refractivity contribution in [3.05, 3.63) is 0 Å². The quantitative estimate of drug-likeness (QED) is 0.826. The van der Waals surface area contributed by atoms with Crippen LogP contribution in [0.2, 0.25) is 0 Å². The van der Waals surface area contributed by atoms with Gasteiger partial charge in [0.15, 0.2) is 0 Å². The molecule has 24 heavy (non-hydrogen) atoms. The Labute approximate surface area is 144 Å². The van der Waals surface area contributed by atoms with Crippen molar-refractivity contribution in [2.75, 3.05) is 33.0 Å². The first kappa shape index (κ1) is 18.1. The van der Waals surface area contributed by atoms with Gasteiger partial charge in [0, 0.05) is 32.5 Å². The van der Waals surface area contributed by atoms with Crippen molar-refractivity contribution in [2.24, 2.45) is 0 Å². The van der Waals surface area contributed by atoms with E-state index < -0.39 is 6.10 Å². The number of carbonyl (C=O) groups is 1. The Morgan fingerprint density at radius 2 is 2.04 bits per heavy atom. The van der Waals surface area contributed by atoms with Crippen LogP contribution in [0.3, 0.4) is 0 Å². The summed E-state index contributed by atoms with van der Waals surface area (Å²) in [6.07, 6.45) is 6.62. The molecule has 0 aromatic carbocycles. The number of amides is 1. The average Bonchev–Trinajstić information content (AvgIpc) is 2.61. The molecule has 3 fully saturated rings. The Balaban J connectivity index is 1.41. The minimum Gasteiger partial charge on any atom is -0.381 e. The molecule has 0 saturated carbocycles. The maximum absolute atomic E-state index is 12.4. The summed E-state index contributed by atoms with van der Waals surface area (Å²) in [4.78, 5) is 12.4. The molecule has 3 rings (SSSR count). The van der Waals surface area contributed by atoms with Gasteiger partial charge in [-0.05, 0) is 51.9 Å². The molecule has 0 radical (unpaired) electrons. The van der Waals surface area contributed by atoms with E-state index in [1.807, 2.05) is 6.92 Å². The molecule has 3 saturated heterocycles. The minimum absolute atomic E-state index is 0.0279. The van der Waals surface area contributed by atoms with E-state index >= 15 is 0 Å². The standard InChI is InChI=1S/C18H31NO5/c1-14(23-13-16-4-2-3-8-22-16)17(20)19-15-5-9-24-18(12-15)6-10-21-11-7-18/h14-16H,2-13H2,1H3,(H,19,20)/t14-,15+,16+/m0/s1. The van der Waals surface area contributed by atoms with Gasteiger partial charge in [-0.3, -0.25) is 4.79 Å². The van der Waals surface area contributed by atoms with Gasteiger partial charge in [-0.2, -0.15) is 0 Å². The van der Waals surface area contributed by atoms with Crippen LogP contribution < -0.4 is 5.32 Å². The first-order valence-electron chi connectivity index (χ1n) is 9.42. The first-order valence-corrected chi connectivity index (χ1v) is 9.42. The summed E-state index contributed by atoms with van der Waals surface area (Å²) >= 11 is 0. The summed E-state index contributed by atoms with van der Waals surface area (Å²) in [7, 11) is 0. The van der Waals surface area contributed by atoms with Crippen LogP contribution in [0.1, 0.15) is 51.9 Å². The molecule has 1 N–H and O–H groups in total. The van der Waals surface area contributed by atoms with Crippen LogP contribution in [0.25, 0.3) is 0 Å². The second-order valence-electron chi connectivity index (χ2n) is 7.31. The van der Waals surface area contributed by atoms with Crippen LogP contribution in [-0.2, 0) is 23.7 Å². The van der Waals surface area contributed by atoms with Crippen molar-refractivity contribution in [3.63, 3.8) is 0 Å². The van der Waals surface area contributed by atoms with Gasteiger partial charge in [-0.25, -0.2) is 0 Å². The van der Waals surface area contributed by atoms with Crippen molar-refractivity contribution in [2.45, 2.75) is 75.7 Å². The summed E-state index contributed by atoms with van der Waals surface area (Å²) in [5, 5.41) is 3.15. The normalized spacial score (nSPS) is 31.5. The third-order valence-corrected chi connectivity index (χ3v) is 5.42. The molecule has 0 unspecified atom stereocenters. The van der Waals surface area contributed by atoms with Gasteiger partial charge in [-0.15, -0.1) is 0 Å². The van der Waals surface area contributed by atoms with E-state index in [1.54, 1.807) is 0 Å². The summed E-state index contributed by atoms with van der Waals surface area (Å²) < 4.78 is 22.9. The molecule has 6 heteroatoms. The van der Waals surface area contributed by atoms with Crippen LogP contribution in [0.4, 0.5) is 0 Å². The van der Waals surface area contributed by atoms with Gasteiger partial charge in [0.1, 0.15) is 6.10 Å². The molecule has 0 aliphatic carbocycles. The lowest BCUT2D eigenvalue weighted by Crippen LogP contribution is -2.52. The number of hydrogen-bond donors (Lipinski definition) is 1. The monoisotopic (exact) mass is 341 g/mol. The topological polar surface area (TPSA) is 66.0 Å². The maximum atomic E-state index is 12.4. The third kappa shape index (κ3) is 4.91. The molecule has 0 aromatic rings. The van der Waals surface area contributed by atoms with E-state index in [4.69, 9.17) is 18.9 Å². The Morgan fingerprint density at radius 1 is 1.21 bits per heavy atom. The zero-order valence-corrected chi connectivity index (χ0v) is 14.8. The fraction of sp³-hybridized carbons (Fsp3) is 0.944. The van der Waals surface area contributed by atoms with E-state index in [2.05, 4.69) is 5.32 Å². The molecule has 138 valence electrons. The molecule has 3 aliphatic rings. The highest BCUT2D eigenvalue weighted by atomic mass is 16.5. The first-order chi connectivity index (χ1) is 11.7. The molecular formula is C18H31NO5. The summed E-state index contributed by atoms with van der Waals surface area (Å²) in [5.74, 6) is -0.0279. The molecule has 3 atom stereocenters. The van der Waals surface area contributed by atoms with E-state index in [9.17, 15) is 4.79 Å². The highest BCUT2D eigenvalue weighted by Crippen LogP contribution is 2.34. The third-order valence-electron chi connectivity index (χ3n) is 5.42. The predicted molar refractivity (Wildman–Crippen MR) is 88.9 cm³/mol. The molecule has 3 aliphatic heterocycles. The van der Waals surface area contributed by atoms with Crippen molar-refractivity contribution >= 4 is 5.91 Å². The van der Waals surface area contributed by atoms with Gasteiger partial charge in [0.25, 0.3) is 0 Å². The van der Waals surface area contributed by atoms with Crippen LogP contribution in [0.5, 0.6) is 0 Å². The van der Waals surface area contributed by atoms with Crippen molar-refractivity contribution in [3.8, 4) is 0 Å². The van der Waals surface area contributed by atoms with Crippen molar-refractivity contribution < 1.29 is 23.7 Å². The Bertz CT molecular complexity index is 399. The second kappa shape index (κ2) is 8.61. The lowest BCUT2D eigenvalue weighted by atomic mass is 9.84. The number of rotatable bonds is 5. The smallest absolute Gasteiger partial charge is 0.249 e. The summed E-state index contributed by atoms with van der Waals surface area (Å²) in [6.45, 7) is 5.34. The maximum Gasteiger partial charge on any atom is 0.249 e. The van der Waals surface area contributed by atoms with Gasteiger partial charge >= 0.3 is 0 Å². The zero-order valence-electron chi connectivity index (χ0n) is 14.8. The number of nitrogens with one attached hydrogen (secondary N) is 1. The predicted octanol–water partition coefficient (Wildman–Crippen LogP) is 1.80. The number of carbonyl (C=O) groups excluding carboxylic acids is 1. The Hall–Kier alpha value is -0.690. The molecule has 0 bridgehead atoms. The highest BCUT2D eigenvalue weighted by molar-refractivity contribution is 5.80. The van der Waals surface area contributed by atoms with Gasteiger partial charge in [0.05, 0.1) is 18.3 Å². The van der Waals surface area contributed by atoms with E-state index in [0.29, 0.717) is 13.2 Å². The molecule has 3 heterocycles. The largest absolute Gasteiger partial charge is 0.381 e. The summed E-state index contributed by atoms with van der Waals surface area (Å²) in [5.41, 5.74) is -0.103. The lowest BCUT2D eigenvalue weighted by Gasteiger charge is -2.43. The molecule has 1 amide bonds. The molecule has 1 spiro atoms. The fourth-order valence-corrected chi connectivity index (χ4v) is 3.83. The minimum atomic E-state index is -0.441. The Morgan fingerprint density at radius 3 is 2.79 bits per heavy atom. The van der Waals surface area contributed by atoms with Crippen LogP contribution in [0, 0.1) is 0 Å². The van der Waals surface area contributed by atoms with E-state index in [0.717, 1.165) is 58.3 Å². The van der Waals surface area contributed by atoms with Gasteiger partial charge in [0.2, 0.25) is 5.91 Å². The van der Waals surface area contributed by atoms with Crippen LogP contribution in [-0.4, -0.2) is 62.8 Å². The average molecular weight is 341 g/mol. The second-order valence-corrected chi connectivity index (χ2v) is 7.31. The zero-order chi connectivity index (χ0) is 16.8. The fourth-order valence-electron chi connectivity index (χ4n) is 3.83. The van der Waals surface area contributed by atoms with Gasteiger partial charge < -0.3 is 24.3 Å². The van der Waals surface area contributed by atoms with Crippen molar-refractivity contribution in [1.82, 2.24) is 5.32 Å². The Kier molecular flexibility index (Phi) is 6.49. The van der Waals surface area contributed by atoms with Gasteiger partial charge in [-0.1, -0.05) is 0 Å². The summed E-state index contributed by atoms with van der Waals surface area (Å²) in [6, 6.07) is 0.168. The van der Waals surface area contributed by atoms with Crippen LogP contribution in [0.15, 0.2) is 0 Å². The van der Waals surface area contributed by atoms with Crippen LogP contribution >= 0.6 is 0 Å². The van der Waals surface area contributed by atoms with Crippen molar-refractivity contribution in [1.29, 1.82) is 0 Å². The molecule has 0 aromatic heterocycles. The highest BCUT2D eigenvalue weighted by Gasteiger charge is 2.39. The molecule has 6 nitrogen and oxygen atoms in total. The number of ether oxygens (including phenoxy) is 4. The van der Waals surface area contributed by atoms with E-state index in [1.165, 1.54) is 6.42 Å². The molecular weight excluding hydrogens is 310 g/mol. The SMILES string of the molecule is C[C@H](OC[C@H]1CCCCO1)C(=O)N[C@@H]1CCOC2(CCOCC2)C1. The lowest BCUT2D eigenvalue weighted by molar-refractivity contribution is -0.148.